The van der Waals surface area contributed by atoms with Crippen molar-refractivity contribution in [2.45, 2.75) is 6.10 Å². The van der Waals surface area contributed by atoms with Gasteiger partial charge in [-0.1, -0.05) is 0 Å². The molecule has 2 unspecified atom stereocenters. The summed E-state index contributed by atoms with van der Waals surface area (Å²) in [6, 6.07) is 0. The molecule has 0 amide bonds. The molecule has 2 atom stereocenters. The molecule has 0 aromatic rings. The topological polar surface area (TPSA) is 20.2 Å². The minimum atomic E-state index is -0.238. The zero-order chi connectivity index (χ0) is 4.99. The first-order valence-corrected chi connectivity index (χ1v) is 3.25. The summed E-state index contributed by atoms with van der Waals surface area (Å²) in [7, 11) is 2.44. The fourth-order valence-corrected chi connectivity index (χ4v) is 0.671. The highest BCUT2D eigenvalue weighted by molar-refractivity contribution is 7.80. The monoisotopic (exact) mass is 124 g/mol. The van der Waals surface area contributed by atoms with Gasteiger partial charge in [-0.05, 0) is 6.16 Å². The summed E-state index contributed by atoms with van der Waals surface area (Å²) in [6.07, 6.45) is 0.488. The molecule has 0 bridgehead atoms. The first-order valence-electron chi connectivity index (χ1n) is 1.80. The maximum absolute atomic E-state index is 8.57. The van der Waals surface area contributed by atoms with Crippen LogP contribution in [0.15, 0.2) is 0 Å². The molecule has 0 aromatic carbocycles. The van der Waals surface area contributed by atoms with Crippen molar-refractivity contribution in [2.75, 3.05) is 11.9 Å². The Kier molecular flexibility index (Phi) is 4.40. The molecule has 3 heteroatoms. The largest absolute Gasteiger partial charge is 0.392 e. The molecule has 38 valence electrons. The van der Waals surface area contributed by atoms with E-state index >= 15 is 0 Å². The van der Waals surface area contributed by atoms with Gasteiger partial charge in [0.25, 0.3) is 0 Å². The maximum Gasteiger partial charge on any atom is 0.0662 e. The van der Waals surface area contributed by atoms with Gasteiger partial charge in [0.1, 0.15) is 0 Å². The number of hydrogen-bond donors (Lipinski definition) is 2. The second-order valence-electron chi connectivity index (χ2n) is 1.07. The lowest BCUT2D eigenvalue weighted by Gasteiger charge is -1.97. The zero-order valence-corrected chi connectivity index (χ0v) is 5.51. The normalized spacial score (nSPS) is 14.5. The fourth-order valence-electron chi connectivity index (χ4n) is 0.0745. The molecule has 0 aliphatic heterocycles. The minimum absolute atomic E-state index is 0.238. The fraction of sp³-hybridized carbons (Fsp3) is 1.00. The lowest BCUT2D eigenvalue weighted by molar-refractivity contribution is 0.225. The summed E-state index contributed by atoms with van der Waals surface area (Å²) in [5.74, 6) is 0.559. The van der Waals surface area contributed by atoms with Gasteiger partial charge in [-0.3, -0.25) is 0 Å². The number of aliphatic hydroxyl groups is 1. The van der Waals surface area contributed by atoms with Gasteiger partial charge in [-0.15, -0.1) is 9.24 Å². The molecule has 0 aromatic heterocycles. The summed E-state index contributed by atoms with van der Waals surface area (Å²) in [4.78, 5) is 0. The molecule has 0 aliphatic carbocycles. The van der Waals surface area contributed by atoms with Crippen LogP contribution in [0.4, 0.5) is 0 Å². The van der Waals surface area contributed by atoms with Crippen molar-refractivity contribution in [1.82, 2.24) is 0 Å². The molecule has 0 saturated heterocycles. The van der Waals surface area contributed by atoms with E-state index in [4.69, 9.17) is 5.11 Å². The van der Waals surface area contributed by atoms with Gasteiger partial charge in [0, 0.05) is 5.75 Å². The van der Waals surface area contributed by atoms with Crippen LogP contribution >= 0.6 is 21.9 Å². The van der Waals surface area contributed by atoms with Crippen LogP contribution < -0.4 is 0 Å². The van der Waals surface area contributed by atoms with Crippen LogP contribution in [-0.4, -0.2) is 23.1 Å². The minimum Gasteiger partial charge on any atom is -0.392 e. The molecular formula is C3H9OPS. The highest BCUT2D eigenvalue weighted by Crippen LogP contribution is 1.90. The Hall–Kier alpha value is 0.740. The lowest BCUT2D eigenvalue weighted by atomic mass is 10.5. The van der Waals surface area contributed by atoms with E-state index in [0.29, 0.717) is 5.75 Å². The van der Waals surface area contributed by atoms with Crippen LogP contribution in [0.3, 0.4) is 0 Å². The van der Waals surface area contributed by atoms with Crippen LogP contribution in [0, 0.1) is 0 Å². The summed E-state index contributed by atoms with van der Waals surface area (Å²) >= 11 is 3.83. The van der Waals surface area contributed by atoms with Gasteiger partial charge in [-0.25, -0.2) is 0 Å². The van der Waals surface area contributed by atoms with Gasteiger partial charge in [0.05, 0.1) is 6.10 Å². The molecular weight excluding hydrogens is 115 g/mol. The van der Waals surface area contributed by atoms with E-state index in [-0.39, 0.29) is 6.10 Å². The Labute approximate surface area is 45.7 Å². The predicted octanol–water partition coefficient (Wildman–Crippen LogP) is 0.152. The number of hydrogen-bond acceptors (Lipinski definition) is 2. The average molecular weight is 124 g/mol. The first kappa shape index (κ1) is 6.74. The zero-order valence-electron chi connectivity index (χ0n) is 3.46. The molecule has 1 nitrogen and oxygen atoms in total. The van der Waals surface area contributed by atoms with Crippen molar-refractivity contribution in [2.24, 2.45) is 0 Å². The predicted molar refractivity (Wildman–Crippen MR) is 34.4 cm³/mol. The SMILES string of the molecule is OC(CP)CS. The molecule has 0 rings (SSSR count). The standard InChI is InChI=1S/C3H9OPS/c4-3(1-5)2-6/h3-4,6H,1-2,5H2. The Balaban J connectivity index is 2.75. The smallest absolute Gasteiger partial charge is 0.0662 e. The average Bonchev–Trinajstić information content (AvgIpc) is 1.65. The second-order valence-corrected chi connectivity index (χ2v) is 1.91. The van der Waals surface area contributed by atoms with Gasteiger partial charge in [0.15, 0.2) is 0 Å². The Morgan fingerprint density at radius 2 is 2.33 bits per heavy atom. The van der Waals surface area contributed by atoms with Crippen molar-refractivity contribution in [3.05, 3.63) is 0 Å². The maximum atomic E-state index is 8.57. The summed E-state index contributed by atoms with van der Waals surface area (Å²) in [5, 5.41) is 8.57. The number of aliphatic hydroxyl groups excluding tert-OH is 1. The first-order chi connectivity index (χ1) is 2.81. The molecule has 0 fully saturated rings. The van der Waals surface area contributed by atoms with Crippen LogP contribution in [-0.2, 0) is 0 Å². The van der Waals surface area contributed by atoms with Crippen molar-refractivity contribution in [3.8, 4) is 0 Å². The van der Waals surface area contributed by atoms with Crippen molar-refractivity contribution in [3.63, 3.8) is 0 Å². The van der Waals surface area contributed by atoms with E-state index in [1.807, 2.05) is 0 Å². The molecule has 0 heterocycles. The van der Waals surface area contributed by atoms with Gasteiger partial charge >= 0.3 is 0 Å². The van der Waals surface area contributed by atoms with Gasteiger partial charge < -0.3 is 5.11 Å². The van der Waals surface area contributed by atoms with E-state index in [0.717, 1.165) is 6.16 Å². The van der Waals surface area contributed by atoms with Gasteiger partial charge in [0.2, 0.25) is 0 Å². The van der Waals surface area contributed by atoms with Gasteiger partial charge in [-0.2, -0.15) is 12.6 Å². The second kappa shape index (κ2) is 3.91. The number of rotatable bonds is 2. The van der Waals surface area contributed by atoms with Crippen LogP contribution in [0.5, 0.6) is 0 Å². The van der Waals surface area contributed by atoms with Crippen LogP contribution in [0.2, 0.25) is 0 Å². The van der Waals surface area contributed by atoms with Crippen molar-refractivity contribution < 1.29 is 5.11 Å². The lowest BCUT2D eigenvalue weighted by Crippen LogP contribution is -2.08. The third-order valence-electron chi connectivity index (χ3n) is 0.483. The van der Waals surface area contributed by atoms with Crippen LogP contribution in [0.25, 0.3) is 0 Å². The van der Waals surface area contributed by atoms with E-state index in [9.17, 15) is 0 Å². The van der Waals surface area contributed by atoms with Crippen molar-refractivity contribution >= 4 is 21.9 Å². The number of thiol groups is 1. The molecule has 6 heavy (non-hydrogen) atoms. The Morgan fingerprint density at radius 1 is 1.83 bits per heavy atom. The van der Waals surface area contributed by atoms with E-state index in [2.05, 4.69) is 21.9 Å². The van der Waals surface area contributed by atoms with Crippen LogP contribution in [0.1, 0.15) is 0 Å². The molecule has 1 N–H and O–H groups in total. The molecule has 0 radical (unpaired) electrons. The van der Waals surface area contributed by atoms with Crippen molar-refractivity contribution in [1.29, 1.82) is 0 Å². The Morgan fingerprint density at radius 3 is 2.33 bits per heavy atom. The highest BCUT2D eigenvalue weighted by atomic mass is 32.1. The summed E-state index contributed by atoms with van der Waals surface area (Å²) < 4.78 is 0. The molecule has 0 aliphatic rings. The highest BCUT2D eigenvalue weighted by Gasteiger charge is 1.91. The Bertz CT molecular complexity index is 30.0. The van der Waals surface area contributed by atoms with E-state index in [1.54, 1.807) is 0 Å². The third kappa shape index (κ3) is 2.95. The molecule has 0 saturated carbocycles. The van der Waals surface area contributed by atoms with E-state index in [1.165, 1.54) is 0 Å². The summed E-state index contributed by atoms with van der Waals surface area (Å²) in [5.41, 5.74) is 0. The third-order valence-corrected chi connectivity index (χ3v) is 1.45. The quantitative estimate of drug-likeness (QED) is 0.396. The summed E-state index contributed by atoms with van der Waals surface area (Å²) in [6.45, 7) is 0. The molecule has 0 spiro atoms. The van der Waals surface area contributed by atoms with E-state index < -0.39 is 0 Å².